The van der Waals surface area contributed by atoms with Crippen LogP contribution >= 0.6 is 11.8 Å². The van der Waals surface area contributed by atoms with Crippen molar-refractivity contribution in [1.29, 1.82) is 0 Å². The number of Topliss-reactive ketones (excluding diaryl/α,β-unsaturated/α-hetero) is 1. The summed E-state index contributed by atoms with van der Waals surface area (Å²) in [6.07, 6.45) is 0. The first kappa shape index (κ1) is 22.3. The molecule has 0 radical (unpaired) electrons. The van der Waals surface area contributed by atoms with E-state index in [1.165, 1.54) is 14.2 Å². The van der Waals surface area contributed by atoms with E-state index in [4.69, 9.17) is 14.2 Å². The fourth-order valence-electron chi connectivity index (χ4n) is 2.44. The monoisotopic (exact) mass is 417 g/mol. The highest BCUT2D eigenvalue weighted by atomic mass is 32.2. The highest BCUT2D eigenvalue weighted by Crippen LogP contribution is 2.25. The summed E-state index contributed by atoms with van der Waals surface area (Å²) in [5, 5.41) is 2.76. The van der Waals surface area contributed by atoms with Gasteiger partial charge < -0.3 is 19.5 Å². The van der Waals surface area contributed by atoms with Gasteiger partial charge in [0, 0.05) is 11.8 Å². The Kier molecular flexibility index (Phi) is 8.54. The third-order valence-electron chi connectivity index (χ3n) is 3.83. The van der Waals surface area contributed by atoms with Crippen LogP contribution in [-0.4, -0.2) is 50.0 Å². The molecule has 0 heterocycles. The summed E-state index contributed by atoms with van der Waals surface area (Å²) in [5.41, 5.74) is 2.04. The molecule has 0 fully saturated rings. The van der Waals surface area contributed by atoms with E-state index >= 15 is 0 Å². The third-order valence-corrected chi connectivity index (χ3v) is 4.73. The summed E-state index contributed by atoms with van der Waals surface area (Å²) in [6, 6.07) is 12.2. The largest absolute Gasteiger partial charge is 0.497 e. The van der Waals surface area contributed by atoms with E-state index in [1.54, 1.807) is 24.3 Å². The van der Waals surface area contributed by atoms with Gasteiger partial charge in [-0.2, -0.15) is 0 Å². The quantitative estimate of drug-likeness (QED) is 0.469. The zero-order valence-corrected chi connectivity index (χ0v) is 17.3. The van der Waals surface area contributed by atoms with Crippen molar-refractivity contribution in [1.82, 2.24) is 0 Å². The van der Waals surface area contributed by atoms with Gasteiger partial charge in [0.25, 0.3) is 0 Å². The van der Waals surface area contributed by atoms with E-state index < -0.39 is 12.6 Å². The van der Waals surface area contributed by atoms with Gasteiger partial charge in [-0.05, 0) is 36.8 Å². The zero-order valence-electron chi connectivity index (χ0n) is 16.5. The summed E-state index contributed by atoms with van der Waals surface area (Å²) in [5.74, 6) is -0.215. The van der Waals surface area contributed by atoms with Crippen LogP contribution in [0.4, 0.5) is 5.69 Å². The number of amides is 1. The number of rotatable bonds is 10. The van der Waals surface area contributed by atoms with Gasteiger partial charge in [0.15, 0.2) is 6.61 Å². The summed E-state index contributed by atoms with van der Waals surface area (Å²) < 4.78 is 15.3. The summed E-state index contributed by atoms with van der Waals surface area (Å²) in [6.45, 7) is 1.53. The van der Waals surface area contributed by atoms with Gasteiger partial charge in [-0.3, -0.25) is 14.4 Å². The highest BCUT2D eigenvalue weighted by molar-refractivity contribution is 8.00. The van der Waals surface area contributed by atoms with E-state index in [0.717, 1.165) is 17.3 Å². The average molecular weight is 417 g/mol. The zero-order chi connectivity index (χ0) is 21.2. The number of carbonyl (C=O) groups excluding carboxylic acids is 3. The standard InChI is InChI=1S/C21H23NO6S/c1-14-5-4-6-15(9-14)22-20(24)12-29-13-21(25)28-11-18(23)17-8-7-16(26-2)10-19(17)27-3/h4-10H,11-13H2,1-3H3,(H,22,24). The molecule has 0 aliphatic heterocycles. The molecule has 1 amide bonds. The molecule has 1 N–H and O–H groups in total. The van der Waals surface area contributed by atoms with Crippen LogP contribution in [0.3, 0.4) is 0 Å². The molecule has 0 bridgehead atoms. The second-order valence-electron chi connectivity index (χ2n) is 6.06. The van der Waals surface area contributed by atoms with Crippen molar-refractivity contribution >= 4 is 35.1 Å². The van der Waals surface area contributed by atoms with Crippen molar-refractivity contribution in [3.05, 3.63) is 53.6 Å². The molecule has 0 unspecified atom stereocenters. The Labute approximate surface area is 173 Å². The van der Waals surface area contributed by atoms with Crippen molar-refractivity contribution in [2.24, 2.45) is 0 Å². The molecule has 2 aromatic carbocycles. The van der Waals surface area contributed by atoms with Crippen LogP contribution < -0.4 is 14.8 Å². The van der Waals surface area contributed by atoms with Crippen LogP contribution in [0.2, 0.25) is 0 Å². The van der Waals surface area contributed by atoms with Crippen LogP contribution in [0, 0.1) is 6.92 Å². The fourth-order valence-corrected chi connectivity index (χ4v) is 3.05. The first-order valence-corrected chi connectivity index (χ1v) is 9.93. The van der Waals surface area contributed by atoms with Crippen LogP contribution in [0.15, 0.2) is 42.5 Å². The Hall–Kier alpha value is -3.00. The Balaban J connectivity index is 1.74. The van der Waals surface area contributed by atoms with Crippen molar-refractivity contribution < 1.29 is 28.6 Å². The molecule has 8 heteroatoms. The van der Waals surface area contributed by atoms with E-state index in [0.29, 0.717) is 22.7 Å². The first-order valence-electron chi connectivity index (χ1n) is 8.78. The molecule has 0 saturated carbocycles. The number of ketones is 1. The van der Waals surface area contributed by atoms with Crippen molar-refractivity contribution in [3.63, 3.8) is 0 Å². The molecule has 29 heavy (non-hydrogen) atoms. The van der Waals surface area contributed by atoms with Gasteiger partial charge in [-0.25, -0.2) is 0 Å². The molecule has 2 rings (SSSR count). The maximum atomic E-state index is 12.3. The number of benzene rings is 2. The maximum Gasteiger partial charge on any atom is 0.316 e. The lowest BCUT2D eigenvalue weighted by atomic mass is 10.1. The van der Waals surface area contributed by atoms with Gasteiger partial charge >= 0.3 is 5.97 Å². The Morgan fingerprint density at radius 3 is 2.48 bits per heavy atom. The number of thioether (sulfide) groups is 1. The third kappa shape index (κ3) is 7.15. The lowest BCUT2D eigenvalue weighted by Crippen LogP contribution is -2.18. The van der Waals surface area contributed by atoms with Crippen LogP contribution in [0.1, 0.15) is 15.9 Å². The molecule has 0 aliphatic rings. The summed E-state index contributed by atoms with van der Waals surface area (Å²) in [4.78, 5) is 36.0. The Morgan fingerprint density at radius 2 is 1.79 bits per heavy atom. The molecule has 0 atom stereocenters. The predicted octanol–water partition coefficient (Wildman–Crippen LogP) is 3.11. The van der Waals surface area contributed by atoms with Crippen LogP contribution in [0.25, 0.3) is 0 Å². The Morgan fingerprint density at radius 1 is 1.00 bits per heavy atom. The first-order chi connectivity index (χ1) is 13.9. The van der Waals surface area contributed by atoms with Crippen molar-refractivity contribution in [2.75, 3.05) is 37.6 Å². The van der Waals surface area contributed by atoms with Gasteiger partial charge in [-0.1, -0.05) is 12.1 Å². The fraction of sp³-hybridized carbons (Fsp3) is 0.286. The van der Waals surface area contributed by atoms with E-state index in [9.17, 15) is 14.4 Å². The van der Waals surface area contributed by atoms with Gasteiger partial charge in [-0.15, -0.1) is 11.8 Å². The number of carbonyl (C=O) groups is 3. The molecular formula is C21H23NO6S. The molecule has 154 valence electrons. The lowest BCUT2D eigenvalue weighted by molar-refractivity contribution is -0.139. The second kappa shape index (κ2) is 11.1. The number of ether oxygens (including phenoxy) is 3. The second-order valence-corrected chi connectivity index (χ2v) is 7.05. The number of esters is 1. The minimum atomic E-state index is -0.570. The van der Waals surface area contributed by atoms with E-state index in [2.05, 4.69) is 5.32 Å². The van der Waals surface area contributed by atoms with Crippen LogP contribution in [0.5, 0.6) is 11.5 Å². The molecule has 2 aromatic rings. The highest BCUT2D eigenvalue weighted by Gasteiger charge is 2.16. The molecule has 0 aliphatic carbocycles. The van der Waals surface area contributed by atoms with Gasteiger partial charge in [0.05, 0.1) is 31.3 Å². The maximum absolute atomic E-state index is 12.3. The topological polar surface area (TPSA) is 90.9 Å². The molecule has 7 nitrogen and oxygen atoms in total. The minimum absolute atomic E-state index is 0.0335. The predicted molar refractivity (Wildman–Crippen MR) is 112 cm³/mol. The summed E-state index contributed by atoms with van der Waals surface area (Å²) in [7, 11) is 2.95. The smallest absolute Gasteiger partial charge is 0.316 e. The average Bonchev–Trinajstić information content (AvgIpc) is 2.71. The minimum Gasteiger partial charge on any atom is -0.497 e. The molecular weight excluding hydrogens is 394 g/mol. The van der Waals surface area contributed by atoms with Crippen molar-refractivity contribution in [2.45, 2.75) is 6.92 Å². The SMILES string of the molecule is COc1ccc(C(=O)COC(=O)CSCC(=O)Nc2cccc(C)c2)c(OC)c1. The number of anilines is 1. The number of methoxy groups -OCH3 is 2. The van der Waals surface area contributed by atoms with E-state index in [-0.39, 0.29) is 23.2 Å². The number of nitrogens with one attached hydrogen (secondary N) is 1. The molecule has 0 spiro atoms. The molecule has 0 aromatic heterocycles. The van der Waals surface area contributed by atoms with Crippen LogP contribution in [-0.2, 0) is 14.3 Å². The summed E-state index contributed by atoms with van der Waals surface area (Å²) >= 11 is 1.11. The lowest BCUT2D eigenvalue weighted by Gasteiger charge is -2.10. The van der Waals surface area contributed by atoms with Crippen molar-refractivity contribution in [3.8, 4) is 11.5 Å². The number of hydrogen-bond acceptors (Lipinski definition) is 7. The molecule has 0 saturated heterocycles. The van der Waals surface area contributed by atoms with Gasteiger partial charge in [0.2, 0.25) is 11.7 Å². The van der Waals surface area contributed by atoms with Gasteiger partial charge in [0.1, 0.15) is 11.5 Å². The normalized spacial score (nSPS) is 10.2. The Bertz CT molecular complexity index is 883. The number of hydrogen-bond donors (Lipinski definition) is 1. The number of aryl methyl sites for hydroxylation is 1. The van der Waals surface area contributed by atoms with E-state index in [1.807, 2.05) is 25.1 Å².